The van der Waals surface area contributed by atoms with E-state index in [1.54, 1.807) is 31.4 Å². The lowest BCUT2D eigenvalue weighted by Crippen LogP contribution is -2.24. The number of ketones is 1. The van der Waals surface area contributed by atoms with Gasteiger partial charge in [-0.3, -0.25) is 9.59 Å². The Balaban J connectivity index is 3.24. The molecule has 1 rings (SSSR count). The number of amides is 1. The molecule has 14 heavy (non-hydrogen) atoms. The molecule has 0 aromatic rings. The van der Waals surface area contributed by atoms with E-state index < -0.39 is 11.7 Å². The number of rotatable bonds is 2. The first-order valence-electron chi connectivity index (χ1n) is 4.45. The van der Waals surface area contributed by atoms with Crippen LogP contribution < -0.4 is 0 Å². The van der Waals surface area contributed by atoms with Crippen molar-refractivity contribution in [1.29, 1.82) is 0 Å². The van der Waals surface area contributed by atoms with E-state index in [1.807, 2.05) is 13.8 Å². The smallest absolute Gasteiger partial charge is 0.299 e. The second kappa shape index (κ2) is 4.05. The van der Waals surface area contributed by atoms with Gasteiger partial charge in [0.05, 0.1) is 11.3 Å². The summed E-state index contributed by atoms with van der Waals surface area (Å²) in [6, 6.07) is 0. The lowest BCUT2D eigenvalue weighted by atomic mass is 10.1. The molecule has 1 heterocycles. The average Bonchev–Trinajstić information content (AvgIpc) is 2.36. The molecule has 0 fully saturated rings. The molecule has 0 N–H and O–H groups in total. The molecule has 0 bridgehead atoms. The quantitative estimate of drug-likeness (QED) is 0.619. The molecule has 0 spiro atoms. The first kappa shape index (κ1) is 10.4. The summed E-state index contributed by atoms with van der Waals surface area (Å²) in [7, 11) is 1.60. The Morgan fingerprint density at radius 2 is 1.64 bits per heavy atom. The van der Waals surface area contributed by atoms with Crippen LogP contribution in [0.2, 0.25) is 0 Å². The Morgan fingerprint density at radius 3 is 2.14 bits per heavy atom. The van der Waals surface area contributed by atoms with Crippen LogP contribution in [0.3, 0.4) is 0 Å². The Hall–Kier alpha value is -1.64. The molecular weight excluding hydrogens is 178 g/mol. The Bertz CT molecular complexity index is 361. The van der Waals surface area contributed by atoms with Crippen molar-refractivity contribution in [2.24, 2.45) is 0 Å². The van der Waals surface area contributed by atoms with Crippen LogP contribution in [0.1, 0.15) is 13.8 Å². The summed E-state index contributed by atoms with van der Waals surface area (Å²) in [5, 5.41) is 0. The molecular formula is C11H13NO2. The van der Waals surface area contributed by atoms with Gasteiger partial charge < -0.3 is 4.90 Å². The first-order valence-corrected chi connectivity index (χ1v) is 4.45. The van der Waals surface area contributed by atoms with Gasteiger partial charge >= 0.3 is 0 Å². The number of carbonyl (C=O) groups is 2. The van der Waals surface area contributed by atoms with Crippen molar-refractivity contribution in [3.63, 3.8) is 0 Å². The summed E-state index contributed by atoms with van der Waals surface area (Å²) in [4.78, 5) is 24.2. The van der Waals surface area contributed by atoms with Crippen LogP contribution in [-0.2, 0) is 9.59 Å². The summed E-state index contributed by atoms with van der Waals surface area (Å²) in [5.41, 5.74) is 1.14. The third-order valence-electron chi connectivity index (χ3n) is 2.04. The predicted octanol–water partition coefficient (Wildman–Crippen LogP) is 1.43. The number of hydrogen-bond donors (Lipinski definition) is 0. The highest BCUT2D eigenvalue weighted by atomic mass is 16.2. The van der Waals surface area contributed by atoms with Crippen LogP contribution in [-0.4, -0.2) is 23.6 Å². The zero-order valence-corrected chi connectivity index (χ0v) is 8.57. The van der Waals surface area contributed by atoms with E-state index in [0.29, 0.717) is 11.3 Å². The van der Waals surface area contributed by atoms with Crippen LogP contribution in [0, 0.1) is 0 Å². The molecule has 3 nitrogen and oxygen atoms in total. The largest absolute Gasteiger partial charge is 0.308 e. The Morgan fingerprint density at radius 1 is 1.07 bits per heavy atom. The average molecular weight is 191 g/mol. The van der Waals surface area contributed by atoms with E-state index >= 15 is 0 Å². The van der Waals surface area contributed by atoms with Crippen molar-refractivity contribution in [1.82, 2.24) is 4.90 Å². The molecule has 1 amide bonds. The Kier molecular flexibility index (Phi) is 3.02. The standard InChI is InChI=1S/C11H13NO2/c1-4-6-8-9(7-5-2)12(3)11(14)10(8)13/h4-7H,1-3H3/b6-4-,7-5-. The maximum absolute atomic E-state index is 11.5. The fourth-order valence-electron chi connectivity index (χ4n) is 1.36. The molecule has 0 atom stereocenters. The predicted molar refractivity (Wildman–Crippen MR) is 54.4 cm³/mol. The number of likely N-dealkylation sites (N-methyl/N-ethyl adjacent to an activating group) is 1. The molecule has 0 saturated heterocycles. The van der Waals surface area contributed by atoms with Gasteiger partial charge in [-0.25, -0.2) is 0 Å². The number of allylic oxidation sites excluding steroid dienone is 4. The minimum absolute atomic E-state index is 0.432. The topological polar surface area (TPSA) is 37.4 Å². The molecule has 0 radical (unpaired) electrons. The molecule has 0 aliphatic carbocycles. The first-order chi connectivity index (χ1) is 6.63. The molecule has 0 unspecified atom stereocenters. The van der Waals surface area contributed by atoms with Crippen LogP contribution >= 0.6 is 0 Å². The SMILES string of the molecule is C/C=C\C1=C(/C=C\C)N(C)C(=O)C1=O. The van der Waals surface area contributed by atoms with Gasteiger partial charge in [0.1, 0.15) is 0 Å². The molecule has 1 aliphatic rings. The number of Topliss-reactive ketones (excluding diaryl/α,β-unsaturated/α-hetero) is 1. The van der Waals surface area contributed by atoms with E-state index in [2.05, 4.69) is 0 Å². The molecule has 0 saturated carbocycles. The highest BCUT2D eigenvalue weighted by Gasteiger charge is 2.32. The second-order valence-corrected chi connectivity index (χ2v) is 2.99. The third-order valence-corrected chi connectivity index (χ3v) is 2.04. The van der Waals surface area contributed by atoms with Crippen molar-refractivity contribution in [3.05, 3.63) is 35.6 Å². The lowest BCUT2D eigenvalue weighted by molar-refractivity contribution is -0.138. The van der Waals surface area contributed by atoms with Gasteiger partial charge in [0.2, 0.25) is 0 Å². The summed E-state index contributed by atoms with van der Waals surface area (Å²) in [6.45, 7) is 3.66. The van der Waals surface area contributed by atoms with Crippen molar-refractivity contribution < 1.29 is 9.59 Å². The van der Waals surface area contributed by atoms with E-state index in [-0.39, 0.29) is 0 Å². The fraction of sp³-hybridized carbons (Fsp3) is 0.273. The van der Waals surface area contributed by atoms with Crippen molar-refractivity contribution in [2.75, 3.05) is 7.05 Å². The number of hydrogen-bond acceptors (Lipinski definition) is 2. The minimum atomic E-state index is -0.466. The normalized spacial score (nSPS) is 18.4. The van der Waals surface area contributed by atoms with Gasteiger partial charge in [0.25, 0.3) is 11.7 Å². The number of carbonyl (C=O) groups excluding carboxylic acids is 2. The summed E-state index contributed by atoms with van der Waals surface area (Å²) >= 11 is 0. The minimum Gasteiger partial charge on any atom is -0.308 e. The van der Waals surface area contributed by atoms with Crippen molar-refractivity contribution in [2.45, 2.75) is 13.8 Å². The van der Waals surface area contributed by atoms with Crippen molar-refractivity contribution >= 4 is 11.7 Å². The van der Waals surface area contributed by atoms with Crippen LogP contribution in [0.15, 0.2) is 35.6 Å². The van der Waals surface area contributed by atoms with E-state index in [9.17, 15) is 9.59 Å². The van der Waals surface area contributed by atoms with E-state index in [4.69, 9.17) is 0 Å². The van der Waals surface area contributed by atoms with Gasteiger partial charge in [-0.2, -0.15) is 0 Å². The zero-order chi connectivity index (χ0) is 10.7. The summed E-state index contributed by atoms with van der Waals surface area (Å²) in [5.74, 6) is -0.898. The summed E-state index contributed by atoms with van der Waals surface area (Å²) < 4.78 is 0. The lowest BCUT2D eigenvalue weighted by Gasteiger charge is -2.08. The van der Waals surface area contributed by atoms with Gasteiger partial charge in [0.15, 0.2) is 0 Å². The molecule has 0 aromatic heterocycles. The molecule has 74 valence electrons. The number of nitrogens with zero attached hydrogens (tertiary/aromatic N) is 1. The van der Waals surface area contributed by atoms with Crippen LogP contribution in [0.25, 0.3) is 0 Å². The maximum Gasteiger partial charge on any atom is 0.299 e. The molecule has 3 heteroatoms. The monoisotopic (exact) mass is 191 g/mol. The van der Waals surface area contributed by atoms with E-state index in [0.717, 1.165) is 0 Å². The zero-order valence-electron chi connectivity index (χ0n) is 8.57. The highest BCUT2D eigenvalue weighted by molar-refractivity contribution is 6.46. The summed E-state index contributed by atoms with van der Waals surface area (Å²) in [6.07, 6.45) is 6.99. The van der Waals surface area contributed by atoms with Crippen molar-refractivity contribution in [3.8, 4) is 0 Å². The highest BCUT2D eigenvalue weighted by Crippen LogP contribution is 2.21. The molecule has 0 aromatic carbocycles. The second-order valence-electron chi connectivity index (χ2n) is 2.99. The van der Waals surface area contributed by atoms with Crippen LogP contribution in [0.4, 0.5) is 0 Å². The Labute approximate surface area is 83.4 Å². The molecule has 1 aliphatic heterocycles. The van der Waals surface area contributed by atoms with Crippen LogP contribution in [0.5, 0.6) is 0 Å². The van der Waals surface area contributed by atoms with Gasteiger partial charge in [-0.1, -0.05) is 18.2 Å². The fourth-order valence-corrected chi connectivity index (χ4v) is 1.36. The maximum atomic E-state index is 11.5. The van der Waals surface area contributed by atoms with Gasteiger partial charge in [-0.05, 0) is 19.9 Å². The van der Waals surface area contributed by atoms with Gasteiger partial charge in [-0.15, -0.1) is 0 Å². The van der Waals surface area contributed by atoms with E-state index in [1.165, 1.54) is 4.90 Å². The third kappa shape index (κ3) is 1.53. The van der Waals surface area contributed by atoms with Gasteiger partial charge in [0, 0.05) is 7.05 Å².